The standard InChI is InChI=1S/C16H12N6O3S/c23-22(24)12-7-5-11(6-8-12)10-26-16-19-18-15(25-16)9-21-14-4-2-1-3-13(14)17-20-21/h1-8H,9-10H2. The van der Waals surface area contributed by atoms with Gasteiger partial charge in [0.1, 0.15) is 12.1 Å². The quantitative estimate of drug-likeness (QED) is 0.290. The number of rotatable bonds is 6. The van der Waals surface area contributed by atoms with Gasteiger partial charge in [0.25, 0.3) is 10.9 Å². The first-order valence-electron chi connectivity index (χ1n) is 7.66. The van der Waals surface area contributed by atoms with E-state index in [2.05, 4.69) is 20.5 Å². The van der Waals surface area contributed by atoms with Gasteiger partial charge in [0.05, 0.1) is 10.4 Å². The molecule has 4 rings (SSSR count). The van der Waals surface area contributed by atoms with Crippen LogP contribution in [-0.4, -0.2) is 30.1 Å². The minimum atomic E-state index is -0.422. The van der Waals surface area contributed by atoms with Crippen molar-refractivity contribution in [3.63, 3.8) is 0 Å². The molecule has 0 saturated heterocycles. The first-order chi connectivity index (χ1) is 12.7. The van der Waals surface area contributed by atoms with E-state index >= 15 is 0 Å². The smallest absolute Gasteiger partial charge is 0.276 e. The maximum absolute atomic E-state index is 10.7. The Morgan fingerprint density at radius 3 is 2.69 bits per heavy atom. The van der Waals surface area contributed by atoms with Crippen LogP contribution in [0.3, 0.4) is 0 Å². The molecular weight excluding hydrogens is 356 g/mol. The monoisotopic (exact) mass is 368 g/mol. The predicted octanol–water partition coefficient (Wildman–Crippen LogP) is 3.06. The fraction of sp³-hybridized carbons (Fsp3) is 0.125. The number of nitro groups is 1. The Balaban J connectivity index is 1.41. The Kier molecular flexibility index (Phi) is 4.32. The van der Waals surface area contributed by atoms with E-state index in [1.165, 1.54) is 23.9 Å². The van der Waals surface area contributed by atoms with E-state index in [1.807, 2.05) is 24.3 Å². The minimum absolute atomic E-state index is 0.0684. The summed E-state index contributed by atoms with van der Waals surface area (Å²) in [5.74, 6) is 1.01. The molecule has 0 aliphatic rings. The third-order valence-electron chi connectivity index (χ3n) is 3.66. The van der Waals surface area contributed by atoms with Gasteiger partial charge < -0.3 is 4.42 Å². The second kappa shape index (κ2) is 6.92. The summed E-state index contributed by atoms with van der Waals surface area (Å²) in [6, 6.07) is 14.0. The van der Waals surface area contributed by atoms with E-state index in [0.29, 0.717) is 23.4 Å². The van der Waals surface area contributed by atoms with Crippen molar-refractivity contribution >= 4 is 28.5 Å². The van der Waals surface area contributed by atoms with E-state index < -0.39 is 4.92 Å². The van der Waals surface area contributed by atoms with Crippen LogP contribution in [0.25, 0.3) is 11.0 Å². The molecule has 0 radical (unpaired) electrons. The van der Waals surface area contributed by atoms with Crippen molar-refractivity contribution in [3.8, 4) is 0 Å². The molecule has 0 unspecified atom stereocenters. The summed E-state index contributed by atoms with van der Waals surface area (Å²) in [6.07, 6.45) is 0. The first kappa shape index (κ1) is 16.2. The normalized spacial score (nSPS) is 11.1. The Labute approximate surface area is 151 Å². The minimum Gasteiger partial charge on any atom is -0.414 e. The van der Waals surface area contributed by atoms with Gasteiger partial charge in [-0.15, -0.1) is 15.3 Å². The zero-order valence-corrected chi connectivity index (χ0v) is 14.2. The average Bonchev–Trinajstić information content (AvgIpc) is 3.28. The fourth-order valence-corrected chi connectivity index (χ4v) is 3.12. The molecule has 4 aromatic rings. The Hall–Kier alpha value is -3.27. The van der Waals surface area contributed by atoms with Gasteiger partial charge in [-0.2, -0.15) is 0 Å². The number of nitrogens with zero attached hydrogens (tertiary/aromatic N) is 6. The molecule has 2 heterocycles. The van der Waals surface area contributed by atoms with Crippen molar-refractivity contribution in [2.24, 2.45) is 0 Å². The third kappa shape index (κ3) is 3.40. The van der Waals surface area contributed by atoms with Crippen LogP contribution in [0.1, 0.15) is 11.5 Å². The highest BCUT2D eigenvalue weighted by Crippen LogP contribution is 2.23. The van der Waals surface area contributed by atoms with Crippen LogP contribution in [0, 0.1) is 10.1 Å². The largest absolute Gasteiger partial charge is 0.414 e. The summed E-state index contributed by atoms with van der Waals surface area (Å²) >= 11 is 1.37. The maximum Gasteiger partial charge on any atom is 0.276 e. The van der Waals surface area contributed by atoms with Crippen molar-refractivity contribution in [3.05, 3.63) is 70.1 Å². The van der Waals surface area contributed by atoms with Crippen molar-refractivity contribution in [2.75, 3.05) is 0 Å². The number of hydrogen-bond acceptors (Lipinski definition) is 8. The molecule has 0 aliphatic carbocycles. The highest BCUT2D eigenvalue weighted by Gasteiger charge is 2.11. The molecule has 0 aliphatic heterocycles. The molecule has 26 heavy (non-hydrogen) atoms. The van der Waals surface area contributed by atoms with Crippen LogP contribution in [-0.2, 0) is 12.3 Å². The molecular formula is C16H12N6O3S. The van der Waals surface area contributed by atoms with Crippen molar-refractivity contribution in [1.82, 2.24) is 25.2 Å². The van der Waals surface area contributed by atoms with Crippen molar-refractivity contribution < 1.29 is 9.34 Å². The molecule has 0 atom stereocenters. The molecule has 0 bridgehead atoms. The van der Waals surface area contributed by atoms with Gasteiger partial charge in [-0.05, 0) is 17.7 Å². The van der Waals surface area contributed by atoms with Crippen LogP contribution < -0.4 is 0 Å². The summed E-state index contributed by atoms with van der Waals surface area (Å²) in [6.45, 7) is 0.339. The fourth-order valence-electron chi connectivity index (χ4n) is 2.38. The topological polar surface area (TPSA) is 113 Å². The first-order valence-corrected chi connectivity index (χ1v) is 8.64. The second-order valence-electron chi connectivity index (χ2n) is 5.41. The summed E-state index contributed by atoms with van der Waals surface area (Å²) in [5, 5.41) is 27.3. The number of aromatic nitrogens is 5. The van der Waals surface area contributed by atoms with Gasteiger partial charge >= 0.3 is 0 Å². The summed E-state index contributed by atoms with van der Waals surface area (Å²) in [5.41, 5.74) is 2.70. The van der Waals surface area contributed by atoms with E-state index in [4.69, 9.17) is 4.42 Å². The summed E-state index contributed by atoms with van der Waals surface area (Å²) in [7, 11) is 0. The van der Waals surface area contributed by atoms with Gasteiger partial charge in [-0.25, -0.2) is 4.68 Å². The van der Waals surface area contributed by atoms with Gasteiger partial charge in [-0.1, -0.05) is 41.2 Å². The summed E-state index contributed by atoms with van der Waals surface area (Å²) in [4.78, 5) is 10.2. The molecule has 0 fully saturated rings. The maximum atomic E-state index is 10.7. The lowest BCUT2D eigenvalue weighted by Crippen LogP contribution is -2.02. The number of hydrogen-bond donors (Lipinski definition) is 0. The Morgan fingerprint density at radius 2 is 1.88 bits per heavy atom. The van der Waals surface area contributed by atoms with Crippen LogP contribution in [0.5, 0.6) is 0 Å². The lowest BCUT2D eigenvalue weighted by atomic mass is 10.2. The number of fused-ring (bicyclic) bond motifs is 1. The average molecular weight is 368 g/mol. The lowest BCUT2D eigenvalue weighted by molar-refractivity contribution is -0.384. The van der Waals surface area contributed by atoms with Crippen LogP contribution in [0.4, 0.5) is 5.69 Å². The molecule has 0 spiro atoms. The number of thioether (sulfide) groups is 1. The molecule has 0 N–H and O–H groups in total. The van der Waals surface area contributed by atoms with E-state index in [9.17, 15) is 10.1 Å². The Morgan fingerprint density at radius 1 is 1.08 bits per heavy atom. The van der Waals surface area contributed by atoms with Gasteiger partial charge in [0.2, 0.25) is 5.89 Å². The zero-order chi connectivity index (χ0) is 17.9. The van der Waals surface area contributed by atoms with E-state index in [1.54, 1.807) is 16.8 Å². The number of benzene rings is 2. The van der Waals surface area contributed by atoms with Crippen LogP contribution >= 0.6 is 11.8 Å². The van der Waals surface area contributed by atoms with Gasteiger partial charge in [-0.3, -0.25) is 10.1 Å². The molecule has 2 aromatic carbocycles. The molecule has 0 saturated carbocycles. The van der Waals surface area contributed by atoms with Gasteiger partial charge in [0.15, 0.2) is 0 Å². The van der Waals surface area contributed by atoms with Crippen LogP contribution in [0.2, 0.25) is 0 Å². The highest BCUT2D eigenvalue weighted by molar-refractivity contribution is 7.98. The van der Waals surface area contributed by atoms with E-state index in [0.717, 1.165) is 16.6 Å². The molecule has 9 nitrogen and oxygen atoms in total. The zero-order valence-electron chi connectivity index (χ0n) is 13.3. The second-order valence-corrected chi connectivity index (χ2v) is 6.34. The Bertz CT molecular complexity index is 1060. The van der Waals surface area contributed by atoms with Crippen molar-refractivity contribution in [1.29, 1.82) is 0 Å². The molecule has 0 amide bonds. The van der Waals surface area contributed by atoms with Crippen LogP contribution in [0.15, 0.2) is 58.2 Å². The highest BCUT2D eigenvalue weighted by atomic mass is 32.2. The number of non-ortho nitro benzene ring substituents is 1. The third-order valence-corrected chi connectivity index (χ3v) is 4.55. The van der Waals surface area contributed by atoms with Crippen molar-refractivity contribution in [2.45, 2.75) is 17.5 Å². The number of nitro benzene ring substituents is 1. The number of para-hydroxylation sites is 1. The van der Waals surface area contributed by atoms with E-state index in [-0.39, 0.29) is 5.69 Å². The molecule has 2 aromatic heterocycles. The SMILES string of the molecule is O=[N+]([O-])c1ccc(CSc2nnc(Cn3nnc4ccccc43)o2)cc1. The summed E-state index contributed by atoms with van der Waals surface area (Å²) < 4.78 is 7.34. The van der Waals surface area contributed by atoms with Gasteiger partial charge in [0, 0.05) is 17.9 Å². The predicted molar refractivity (Wildman–Crippen MR) is 93.6 cm³/mol. The molecule has 130 valence electrons. The lowest BCUT2D eigenvalue weighted by Gasteiger charge is -1.98. The molecule has 10 heteroatoms.